The molecule has 0 spiro atoms. The molecule has 0 aromatic carbocycles. The van der Waals surface area contributed by atoms with E-state index in [1.165, 1.54) is 16.8 Å². The number of likely N-dealkylation sites (N-methyl/N-ethyl adjacent to an activating group) is 1. The van der Waals surface area contributed by atoms with Crippen molar-refractivity contribution in [1.29, 1.82) is 0 Å². The molecule has 2 atom stereocenters. The van der Waals surface area contributed by atoms with Crippen molar-refractivity contribution in [1.82, 2.24) is 4.31 Å². The Morgan fingerprint density at radius 3 is 3.08 bits per heavy atom. The first-order chi connectivity index (χ1) is 5.70. The lowest BCUT2D eigenvalue weighted by molar-refractivity contribution is -0.627. The van der Waals surface area contributed by atoms with Gasteiger partial charge in [-0.15, -0.1) is 0 Å². The molecule has 2 aliphatic heterocycles. The number of nitrogens with zero attached hydrogens (tertiary/aromatic N) is 3. The molecule has 2 rings (SSSR count). The monoisotopic (exact) mass is 186 g/mol. The number of hydrogen-bond donors (Lipinski definition) is 1. The van der Waals surface area contributed by atoms with Crippen molar-refractivity contribution < 1.29 is 9.62 Å². The van der Waals surface area contributed by atoms with Gasteiger partial charge >= 0.3 is 5.84 Å². The normalized spacial score (nSPS) is 33.1. The Balaban J connectivity index is 2.40. The number of rotatable bonds is 0. The van der Waals surface area contributed by atoms with Gasteiger partial charge in [0.15, 0.2) is 12.0 Å². The first-order valence-electron chi connectivity index (χ1n) is 3.22. The Labute approximate surface area is 71.9 Å². The maximum atomic E-state index is 11.1. The van der Waals surface area contributed by atoms with Crippen molar-refractivity contribution in [2.75, 3.05) is 7.05 Å². The van der Waals surface area contributed by atoms with Crippen LogP contribution >= 0.6 is 0 Å². The fourth-order valence-corrected chi connectivity index (χ4v) is 1.73. The molecule has 0 saturated heterocycles. The van der Waals surface area contributed by atoms with E-state index in [-0.39, 0.29) is 10.9 Å². The van der Waals surface area contributed by atoms with Gasteiger partial charge in [-0.05, 0) is 0 Å². The molecular weight excluding hydrogens is 180 g/mol. The third kappa shape index (κ3) is 0.950. The minimum Gasteiger partial charge on any atom is -0.621 e. The average Bonchev–Trinajstić information content (AvgIpc) is 2.32. The van der Waals surface area contributed by atoms with Crippen molar-refractivity contribution in [3.05, 3.63) is 17.1 Å². The van der Waals surface area contributed by atoms with Gasteiger partial charge in [-0.1, -0.05) is 0 Å². The fourth-order valence-electron chi connectivity index (χ4n) is 0.970. The summed E-state index contributed by atoms with van der Waals surface area (Å²) >= 11 is -1.46. The molecule has 0 aromatic heterocycles. The summed E-state index contributed by atoms with van der Waals surface area (Å²) < 4.78 is 16.2. The number of amidine groups is 1. The van der Waals surface area contributed by atoms with Crippen LogP contribution in [0.4, 0.5) is 0 Å². The van der Waals surface area contributed by atoms with Crippen LogP contribution in [-0.4, -0.2) is 28.1 Å². The smallest absolute Gasteiger partial charge is 0.309 e. The molecule has 2 unspecified atom stereocenters. The zero-order valence-corrected chi connectivity index (χ0v) is 7.04. The first kappa shape index (κ1) is 7.74. The molecule has 6 nitrogen and oxygen atoms in total. The van der Waals surface area contributed by atoms with Gasteiger partial charge in [-0.25, -0.2) is 4.99 Å². The van der Waals surface area contributed by atoms with E-state index in [2.05, 4.69) is 9.39 Å². The highest BCUT2D eigenvalue weighted by molar-refractivity contribution is 7.88. The number of nitrogens with one attached hydrogen (secondary N) is 1. The molecule has 0 aliphatic carbocycles. The summed E-state index contributed by atoms with van der Waals surface area (Å²) in [7, 11) is 1.60. The zero-order chi connectivity index (χ0) is 8.72. The SMILES string of the molecule is CN1C2=CN=C[NH+]([O-])C2=N[S+]1[O-]. The van der Waals surface area contributed by atoms with E-state index in [9.17, 15) is 9.76 Å². The molecule has 0 aromatic rings. The molecular formula is C5H6N4O2S. The van der Waals surface area contributed by atoms with Gasteiger partial charge in [-0.3, -0.25) is 5.06 Å². The maximum absolute atomic E-state index is 11.1. The van der Waals surface area contributed by atoms with Crippen LogP contribution in [0.5, 0.6) is 0 Å². The van der Waals surface area contributed by atoms with Gasteiger partial charge in [0.2, 0.25) is 11.5 Å². The highest BCUT2D eigenvalue weighted by Gasteiger charge is 2.38. The van der Waals surface area contributed by atoms with Crippen molar-refractivity contribution in [2.45, 2.75) is 0 Å². The van der Waals surface area contributed by atoms with Crippen LogP contribution in [0.2, 0.25) is 0 Å². The second kappa shape index (κ2) is 2.56. The summed E-state index contributed by atoms with van der Waals surface area (Å²) in [6, 6.07) is 0. The average molecular weight is 186 g/mol. The van der Waals surface area contributed by atoms with Crippen LogP contribution in [0.1, 0.15) is 0 Å². The van der Waals surface area contributed by atoms with E-state index in [0.29, 0.717) is 5.70 Å². The van der Waals surface area contributed by atoms with Gasteiger partial charge < -0.3 is 9.76 Å². The number of hydrogen-bond acceptors (Lipinski definition) is 5. The van der Waals surface area contributed by atoms with Crippen molar-refractivity contribution in [2.24, 2.45) is 9.39 Å². The zero-order valence-electron chi connectivity index (χ0n) is 6.22. The highest BCUT2D eigenvalue weighted by Crippen LogP contribution is 2.18. The van der Waals surface area contributed by atoms with Gasteiger partial charge in [0.05, 0.1) is 13.2 Å². The largest absolute Gasteiger partial charge is 0.621 e. The summed E-state index contributed by atoms with van der Waals surface area (Å²) in [6.45, 7) is 0. The summed E-state index contributed by atoms with van der Waals surface area (Å²) in [5, 5.41) is 10.8. The highest BCUT2D eigenvalue weighted by atomic mass is 32.2. The Hall–Kier alpha value is -0.890. The molecule has 0 fully saturated rings. The summed E-state index contributed by atoms with van der Waals surface area (Å²) in [5.74, 6) is 0.242. The molecule has 64 valence electrons. The molecule has 0 saturated carbocycles. The van der Waals surface area contributed by atoms with E-state index in [0.717, 1.165) is 0 Å². The van der Waals surface area contributed by atoms with Crippen LogP contribution in [0.15, 0.2) is 21.3 Å². The van der Waals surface area contributed by atoms with Crippen LogP contribution < -0.4 is 5.06 Å². The first-order valence-corrected chi connectivity index (χ1v) is 4.29. The van der Waals surface area contributed by atoms with Crippen LogP contribution in [0.3, 0.4) is 0 Å². The lowest BCUT2D eigenvalue weighted by atomic mass is 10.4. The molecule has 2 aliphatic rings. The quantitative estimate of drug-likeness (QED) is 0.357. The van der Waals surface area contributed by atoms with Crippen molar-refractivity contribution in [3.8, 4) is 0 Å². The molecule has 7 heteroatoms. The standard InChI is InChI=1S/C5H6N4O2S/c1-8-4-2-6-3-9(10)5(4)7-12(8)11/h2-3,9H,1H3. The summed E-state index contributed by atoms with van der Waals surface area (Å²) in [4.78, 5) is 3.69. The topological polar surface area (TPSA) is 78.5 Å². The molecule has 0 radical (unpaired) electrons. The van der Waals surface area contributed by atoms with Crippen LogP contribution in [0, 0.1) is 5.21 Å². The number of fused-ring (bicyclic) bond motifs is 1. The van der Waals surface area contributed by atoms with E-state index >= 15 is 0 Å². The van der Waals surface area contributed by atoms with Crippen molar-refractivity contribution in [3.63, 3.8) is 0 Å². The molecule has 0 bridgehead atoms. The predicted molar refractivity (Wildman–Crippen MR) is 44.2 cm³/mol. The van der Waals surface area contributed by atoms with E-state index in [1.54, 1.807) is 7.05 Å². The lowest BCUT2D eigenvalue weighted by Crippen LogP contribution is -3.09. The Morgan fingerprint density at radius 1 is 1.67 bits per heavy atom. The maximum Gasteiger partial charge on any atom is 0.309 e. The second-order valence-corrected chi connectivity index (χ2v) is 3.52. The van der Waals surface area contributed by atoms with E-state index in [1.807, 2.05) is 0 Å². The molecule has 2 heterocycles. The minimum atomic E-state index is -1.46. The van der Waals surface area contributed by atoms with Crippen molar-refractivity contribution >= 4 is 23.7 Å². The Kier molecular flexibility index (Phi) is 1.65. The molecule has 0 amide bonds. The fraction of sp³-hybridized carbons (Fsp3) is 0.200. The number of quaternary nitrogens is 1. The summed E-state index contributed by atoms with van der Waals surface area (Å²) in [6.07, 6.45) is 2.64. The van der Waals surface area contributed by atoms with Gasteiger partial charge in [0.1, 0.15) is 0 Å². The van der Waals surface area contributed by atoms with Crippen LogP contribution in [-0.2, 0) is 11.5 Å². The van der Waals surface area contributed by atoms with Crippen LogP contribution in [0.25, 0.3) is 0 Å². The van der Waals surface area contributed by atoms with Gasteiger partial charge in [0.25, 0.3) is 0 Å². The van der Waals surface area contributed by atoms with Gasteiger partial charge in [0, 0.05) is 4.40 Å². The second-order valence-electron chi connectivity index (χ2n) is 2.32. The summed E-state index contributed by atoms with van der Waals surface area (Å²) in [5.41, 5.74) is 0.529. The Bertz CT molecular complexity index is 300. The van der Waals surface area contributed by atoms with E-state index < -0.39 is 11.5 Å². The molecule has 12 heavy (non-hydrogen) atoms. The number of hydroxylamine groups is 2. The van der Waals surface area contributed by atoms with Gasteiger partial charge in [-0.2, -0.15) is 4.31 Å². The van der Waals surface area contributed by atoms with E-state index in [4.69, 9.17) is 0 Å². The third-order valence-corrected chi connectivity index (χ3v) is 2.61. The molecule has 1 N–H and O–H groups in total. The third-order valence-electron chi connectivity index (χ3n) is 1.61. The predicted octanol–water partition coefficient (Wildman–Crippen LogP) is -1.82. The lowest BCUT2D eigenvalue weighted by Gasteiger charge is -2.17. The minimum absolute atomic E-state index is 0.242. The number of aliphatic imine (C=N–C) groups is 1. The Morgan fingerprint density at radius 2 is 2.42 bits per heavy atom.